The fourth-order valence-electron chi connectivity index (χ4n) is 2.37. The summed E-state index contributed by atoms with van der Waals surface area (Å²) in [5, 5.41) is 10.6. The second-order valence-electron chi connectivity index (χ2n) is 4.70. The second-order valence-corrected chi connectivity index (χ2v) is 5.61. The van der Waals surface area contributed by atoms with E-state index in [-0.39, 0.29) is 12.1 Å². The van der Waals surface area contributed by atoms with E-state index < -0.39 is 17.8 Å². The van der Waals surface area contributed by atoms with Crippen molar-refractivity contribution in [3.63, 3.8) is 0 Å². The summed E-state index contributed by atoms with van der Waals surface area (Å²) in [4.78, 5) is 0. The minimum Gasteiger partial charge on any atom is -0.496 e. The molecule has 0 saturated heterocycles. The number of ether oxygens (including phenoxy) is 1. The van der Waals surface area contributed by atoms with Gasteiger partial charge in [-0.2, -0.15) is 0 Å². The number of rotatable bonds is 5. The molecule has 0 aromatic heterocycles. The lowest BCUT2D eigenvalue weighted by Crippen LogP contribution is -2.21. The Hall–Kier alpha value is -1.43. The Labute approximate surface area is 131 Å². The largest absolute Gasteiger partial charge is 0.496 e. The van der Waals surface area contributed by atoms with Crippen LogP contribution in [-0.2, 0) is 0 Å². The third-order valence-electron chi connectivity index (χ3n) is 3.44. The van der Waals surface area contributed by atoms with Crippen molar-refractivity contribution in [3.05, 3.63) is 63.9 Å². The fourth-order valence-corrected chi connectivity index (χ4v) is 2.78. The van der Waals surface area contributed by atoms with Gasteiger partial charge in [0, 0.05) is 16.9 Å². The van der Waals surface area contributed by atoms with E-state index in [1.165, 1.54) is 13.2 Å². The van der Waals surface area contributed by atoms with Crippen molar-refractivity contribution in [2.75, 3.05) is 13.7 Å². The van der Waals surface area contributed by atoms with Gasteiger partial charge >= 0.3 is 0 Å². The summed E-state index contributed by atoms with van der Waals surface area (Å²) < 4.78 is 20.1. The first-order chi connectivity index (χ1) is 10.1. The van der Waals surface area contributed by atoms with Gasteiger partial charge in [0.15, 0.2) is 0 Å². The predicted molar refractivity (Wildman–Crippen MR) is 83.8 cm³/mol. The summed E-state index contributed by atoms with van der Waals surface area (Å²) in [5.41, 5.74) is 6.77. The molecule has 0 heterocycles. The topological polar surface area (TPSA) is 55.5 Å². The van der Waals surface area contributed by atoms with Crippen molar-refractivity contribution >= 4 is 15.9 Å². The van der Waals surface area contributed by atoms with Crippen molar-refractivity contribution in [1.29, 1.82) is 0 Å². The molecule has 3 nitrogen and oxygen atoms in total. The molecule has 112 valence electrons. The fraction of sp³-hybridized carbons (Fsp3) is 0.250. The quantitative estimate of drug-likeness (QED) is 0.866. The summed E-state index contributed by atoms with van der Waals surface area (Å²) in [7, 11) is 1.45. The molecule has 2 rings (SSSR count). The number of aliphatic hydroxyl groups is 1. The summed E-state index contributed by atoms with van der Waals surface area (Å²) in [6, 6.07) is 11.9. The molecule has 0 spiro atoms. The number of hydrogen-bond acceptors (Lipinski definition) is 3. The Kier molecular flexibility index (Phi) is 5.33. The van der Waals surface area contributed by atoms with E-state index in [0.29, 0.717) is 5.75 Å². The first kappa shape index (κ1) is 15.9. The highest BCUT2D eigenvalue weighted by atomic mass is 79.9. The normalized spacial score (nSPS) is 13.8. The Morgan fingerprint density at radius 3 is 2.62 bits per heavy atom. The molecule has 0 fully saturated rings. The molecule has 3 N–H and O–H groups in total. The van der Waals surface area contributed by atoms with Crippen LogP contribution >= 0.6 is 15.9 Å². The molecule has 2 atom stereocenters. The van der Waals surface area contributed by atoms with E-state index in [1.54, 1.807) is 12.1 Å². The van der Waals surface area contributed by atoms with Crippen molar-refractivity contribution in [3.8, 4) is 5.75 Å². The molecule has 0 aliphatic rings. The third-order valence-corrected chi connectivity index (χ3v) is 3.93. The predicted octanol–water partition coefficient (Wildman–Crippen LogP) is 3.37. The van der Waals surface area contributed by atoms with Crippen LogP contribution in [0.4, 0.5) is 4.39 Å². The van der Waals surface area contributed by atoms with E-state index in [9.17, 15) is 9.50 Å². The van der Waals surface area contributed by atoms with Crippen LogP contribution in [0.25, 0.3) is 0 Å². The zero-order chi connectivity index (χ0) is 15.4. The highest BCUT2D eigenvalue weighted by molar-refractivity contribution is 9.10. The van der Waals surface area contributed by atoms with Crippen molar-refractivity contribution < 1.29 is 14.2 Å². The van der Waals surface area contributed by atoms with Crippen LogP contribution in [0.2, 0.25) is 0 Å². The molecular weight excluding hydrogens is 337 g/mol. The molecule has 21 heavy (non-hydrogen) atoms. The highest BCUT2D eigenvalue weighted by Crippen LogP contribution is 2.37. The number of halogens is 2. The molecule has 0 aliphatic heterocycles. The lowest BCUT2D eigenvalue weighted by atomic mass is 9.88. The summed E-state index contributed by atoms with van der Waals surface area (Å²) in [5.74, 6) is -0.612. The van der Waals surface area contributed by atoms with Gasteiger partial charge in [0.2, 0.25) is 0 Å². The lowest BCUT2D eigenvalue weighted by molar-refractivity contribution is 0.139. The summed E-state index contributed by atoms with van der Waals surface area (Å²) in [6.07, 6.45) is -1.08. The molecule has 0 amide bonds. The van der Waals surface area contributed by atoms with E-state index >= 15 is 0 Å². The van der Waals surface area contributed by atoms with E-state index in [1.807, 2.05) is 24.3 Å². The number of benzene rings is 2. The number of hydrogen-bond donors (Lipinski definition) is 2. The monoisotopic (exact) mass is 353 g/mol. The molecule has 2 aromatic carbocycles. The molecule has 0 saturated carbocycles. The SMILES string of the molecule is COc1cccc(F)c1C(O)C(CN)c1cccc(Br)c1. The van der Waals surface area contributed by atoms with Crippen LogP contribution < -0.4 is 10.5 Å². The molecule has 0 radical (unpaired) electrons. The van der Waals surface area contributed by atoms with Crippen LogP contribution in [0.1, 0.15) is 23.1 Å². The van der Waals surface area contributed by atoms with E-state index in [4.69, 9.17) is 10.5 Å². The third kappa shape index (κ3) is 3.43. The second kappa shape index (κ2) is 7.02. The molecule has 0 aliphatic carbocycles. The van der Waals surface area contributed by atoms with Gasteiger partial charge in [0.25, 0.3) is 0 Å². The molecular formula is C16H17BrFNO2. The van der Waals surface area contributed by atoms with Crippen LogP contribution in [0.5, 0.6) is 5.75 Å². The van der Waals surface area contributed by atoms with Crippen molar-refractivity contribution in [2.24, 2.45) is 5.73 Å². The van der Waals surface area contributed by atoms with Crippen LogP contribution in [0.3, 0.4) is 0 Å². The van der Waals surface area contributed by atoms with Crippen LogP contribution in [0.15, 0.2) is 46.9 Å². The van der Waals surface area contributed by atoms with E-state index in [0.717, 1.165) is 10.0 Å². The van der Waals surface area contributed by atoms with Gasteiger partial charge in [0.1, 0.15) is 11.6 Å². The first-order valence-electron chi connectivity index (χ1n) is 6.54. The van der Waals surface area contributed by atoms with Gasteiger partial charge in [-0.05, 0) is 29.8 Å². The average Bonchev–Trinajstić information content (AvgIpc) is 2.47. The van der Waals surface area contributed by atoms with E-state index in [2.05, 4.69) is 15.9 Å². The van der Waals surface area contributed by atoms with Gasteiger partial charge in [-0.3, -0.25) is 0 Å². The van der Waals surface area contributed by atoms with Crippen LogP contribution in [-0.4, -0.2) is 18.8 Å². The van der Waals surface area contributed by atoms with Gasteiger partial charge in [0.05, 0.1) is 18.8 Å². The maximum absolute atomic E-state index is 14.1. The standard InChI is InChI=1S/C16H17BrFNO2/c1-21-14-7-3-6-13(18)15(14)16(20)12(9-19)10-4-2-5-11(17)8-10/h2-8,12,16,20H,9,19H2,1H3. The van der Waals surface area contributed by atoms with Gasteiger partial charge in [-0.15, -0.1) is 0 Å². The smallest absolute Gasteiger partial charge is 0.132 e. The molecule has 2 unspecified atom stereocenters. The minimum absolute atomic E-state index is 0.135. The number of methoxy groups -OCH3 is 1. The maximum atomic E-state index is 14.1. The Morgan fingerprint density at radius 2 is 2.00 bits per heavy atom. The van der Waals surface area contributed by atoms with Gasteiger partial charge in [-0.25, -0.2) is 4.39 Å². The molecule has 2 aromatic rings. The first-order valence-corrected chi connectivity index (χ1v) is 7.33. The van der Waals surface area contributed by atoms with Gasteiger partial charge in [-0.1, -0.05) is 34.1 Å². The lowest BCUT2D eigenvalue weighted by Gasteiger charge is -2.24. The molecule has 0 bridgehead atoms. The zero-order valence-electron chi connectivity index (χ0n) is 11.6. The number of nitrogens with two attached hydrogens (primary N) is 1. The van der Waals surface area contributed by atoms with Crippen molar-refractivity contribution in [1.82, 2.24) is 0 Å². The maximum Gasteiger partial charge on any atom is 0.132 e. The molecule has 5 heteroatoms. The Morgan fingerprint density at radius 1 is 1.29 bits per heavy atom. The number of aliphatic hydroxyl groups excluding tert-OH is 1. The van der Waals surface area contributed by atoms with Crippen molar-refractivity contribution in [2.45, 2.75) is 12.0 Å². The highest BCUT2D eigenvalue weighted by Gasteiger charge is 2.27. The van der Waals surface area contributed by atoms with Gasteiger partial charge < -0.3 is 15.6 Å². The summed E-state index contributed by atoms with van der Waals surface area (Å²) in [6.45, 7) is 0.190. The summed E-state index contributed by atoms with van der Waals surface area (Å²) >= 11 is 3.39. The minimum atomic E-state index is -1.08. The Bertz CT molecular complexity index is 621. The Balaban J connectivity index is 2.44. The zero-order valence-corrected chi connectivity index (χ0v) is 13.2. The van der Waals surface area contributed by atoms with Crippen LogP contribution in [0, 0.1) is 5.82 Å². The average molecular weight is 354 g/mol.